The van der Waals surface area contributed by atoms with Crippen LogP contribution in [0.15, 0.2) is 4.99 Å². The van der Waals surface area contributed by atoms with Crippen molar-refractivity contribution in [1.29, 1.82) is 5.41 Å². The van der Waals surface area contributed by atoms with Gasteiger partial charge in [0, 0.05) is 19.1 Å². The lowest BCUT2D eigenvalue weighted by atomic mass is 9.89. The van der Waals surface area contributed by atoms with Crippen LogP contribution < -0.4 is 0 Å². The Morgan fingerprint density at radius 3 is 2.56 bits per heavy atom. The molecule has 6 nitrogen and oxygen atoms in total. The molecule has 1 aliphatic heterocycles. The molecule has 1 heterocycles. The minimum atomic E-state index is -1.44. The molecule has 0 amide bonds. The van der Waals surface area contributed by atoms with E-state index in [2.05, 4.69) is 4.99 Å². The van der Waals surface area contributed by atoms with E-state index in [1.165, 1.54) is 6.21 Å². The predicted molar refractivity (Wildman–Crippen MR) is 66.3 cm³/mol. The average molecular weight is 254 g/mol. The van der Waals surface area contributed by atoms with Crippen molar-refractivity contribution in [1.82, 2.24) is 0 Å². The van der Waals surface area contributed by atoms with E-state index in [-0.39, 0.29) is 25.0 Å². The van der Waals surface area contributed by atoms with Crippen LogP contribution in [0.4, 0.5) is 0 Å². The second kappa shape index (κ2) is 4.88. The van der Waals surface area contributed by atoms with Crippen molar-refractivity contribution in [2.24, 2.45) is 4.99 Å². The van der Waals surface area contributed by atoms with Gasteiger partial charge in [-0.1, -0.05) is 0 Å². The Kier molecular flexibility index (Phi) is 3.88. The van der Waals surface area contributed by atoms with Crippen LogP contribution in [0.3, 0.4) is 0 Å². The summed E-state index contributed by atoms with van der Waals surface area (Å²) in [5.74, 6) is -1.66. The number of carbonyl (C=O) groups excluding carboxylic acids is 1. The molecule has 6 heteroatoms. The largest absolute Gasteiger partial charge is 0.481 e. The van der Waals surface area contributed by atoms with Crippen molar-refractivity contribution in [2.75, 3.05) is 0 Å². The molecule has 0 saturated carbocycles. The zero-order valence-corrected chi connectivity index (χ0v) is 10.8. The van der Waals surface area contributed by atoms with Crippen molar-refractivity contribution < 1.29 is 19.4 Å². The summed E-state index contributed by atoms with van der Waals surface area (Å²) in [6, 6.07) is 0. The minimum absolute atomic E-state index is 0.0351. The van der Waals surface area contributed by atoms with Crippen molar-refractivity contribution in [3.05, 3.63) is 0 Å². The van der Waals surface area contributed by atoms with Gasteiger partial charge in [-0.25, -0.2) is 4.79 Å². The van der Waals surface area contributed by atoms with Crippen LogP contribution in [0.1, 0.15) is 40.0 Å². The maximum Gasteiger partial charge on any atom is 0.340 e. The summed E-state index contributed by atoms with van der Waals surface area (Å²) in [4.78, 5) is 26.8. The first-order valence-electron chi connectivity index (χ1n) is 5.74. The standard InChI is InChI=1S/C12H18N2O4/c1-11(2,3)18-10(17)12(6-4-9(15)16)8(13)5-7-14-12/h7,13H,4-6H2,1-3H3,(H,15,16). The Hall–Kier alpha value is -1.72. The van der Waals surface area contributed by atoms with Gasteiger partial charge >= 0.3 is 11.9 Å². The molecule has 1 aliphatic rings. The summed E-state index contributed by atoms with van der Waals surface area (Å²) in [5, 5.41) is 16.5. The highest BCUT2D eigenvalue weighted by Crippen LogP contribution is 2.29. The second-order valence-electron chi connectivity index (χ2n) is 5.25. The molecular formula is C12H18N2O4. The van der Waals surface area contributed by atoms with Gasteiger partial charge in [0.2, 0.25) is 0 Å². The number of hydrogen-bond donors (Lipinski definition) is 2. The van der Waals surface area contributed by atoms with Crippen molar-refractivity contribution >= 4 is 23.9 Å². The first kappa shape index (κ1) is 14.3. The van der Waals surface area contributed by atoms with Gasteiger partial charge in [0.15, 0.2) is 5.54 Å². The predicted octanol–water partition coefficient (Wildman–Crippen LogP) is 1.43. The van der Waals surface area contributed by atoms with Crippen molar-refractivity contribution in [3.8, 4) is 0 Å². The van der Waals surface area contributed by atoms with E-state index in [1.54, 1.807) is 20.8 Å². The molecule has 100 valence electrons. The number of esters is 1. The summed E-state index contributed by atoms with van der Waals surface area (Å²) in [7, 11) is 0. The Labute approximate surface area is 106 Å². The number of ether oxygens (including phenoxy) is 1. The highest BCUT2D eigenvalue weighted by molar-refractivity contribution is 6.18. The normalized spacial score (nSPS) is 23.2. The van der Waals surface area contributed by atoms with Crippen molar-refractivity contribution in [2.45, 2.75) is 51.2 Å². The molecule has 1 atom stereocenters. The summed E-state index contributed by atoms with van der Waals surface area (Å²) < 4.78 is 5.24. The number of hydrogen-bond acceptors (Lipinski definition) is 5. The third-order valence-corrected chi connectivity index (χ3v) is 2.54. The maximum atomic E-state index is 12.1. The van der Waals surface area contributed by atoms with Gasteiger partial charge in [-0.05, 0) is 27.2 Å². The number of nitrogens with zero attached hydrogens (tertiary/aromatic N) is 1. The van der Waals surface area contributed by atoms with Gasteiger partial charge < -0.3 is 15.3 Å². The first-order chi connectivity index (χ1) is 8.17. The number of aliphatic carboxylic acids is 1. The number of aliphatic imine (C=N–C) groups is 1. The van der Waals surface area contributed by atoms with E-state index in [0.717, 1.165) is 0 Å². The highest BCUT2D eigenvalue weighted by Gasteiger charge is 2.47. The lowest BCUT2D eigenvalue weighted by Gasteiger charge is -2.29. The lowest BCUT2D eigenvalue weighted by molar-refractivity contribution is -0.159. The lowest BCUT2D eigenvalue weighted by Crippen LogP contribution is -2.46. The van der Waals surface area contributed by atoms with Crippen LogP contribution >= 0.6 is 0 Å². The third kappa shape index (κ3) is 3.15. The molecule has 0 spiro atoms. The smallest absolute Gasteiger partial charge is 0.340 e. The van der Waals surface area contributed by atoms with Gasteiger partial charge in [-0.3, -0.25) is 9.79 Å². The molecule has 0 aliphatic carbocycles. The molecule has 0 radical (unpaired) electrons. The summed E-state index contributed by atoms with van der Waals surface area (Å²) >= 11 is 0. The topological polar surface area (TPSA) is 99.8 Å². The van der Waals surface area contributed by atoms with Crippen molar-refractivity contribution in [3.63, 3.8) is 0 Å². The number of carbonyl (C=O) groups is 2. The average Bonchev–Trinajstić information content (AvgIpc) is 2.55. The summed E-state index contributed by atoms with van der Waals surface area (Å²) in [5.41, 5.74) is -2.03. The molecule has 2 N–H and O–H groups in total. The van der Waals surface area contributed by atoms with Crippen LogP contribution in [-0.4, -0.2) is 40.1 Å². The molecule has 0 fully saturated rings. The fraction of sp³-hybridized carbons (Fsp3) is 0.667. The zero-order valence-electron chi connectivity index (χ0n) is 10.8. The second-order valence-corrected chi connectivity index (χ2v) is 5.25. The Morgan fingerprint density at radius 1 is 1.56 bits per heavy atom. The van der Waals surface area contributed by atoms with E-state index >= 15 is 0 Å². The van der Waals surface area contributed by atoms with E-state index < -0.39 is 23.1 Å². The third-order valence-electron chi connectivity index (χ3n) is 2.54. The summed E-state index contributed by atoms with van der Waals surface area (Å²) in [6.45, 7) is 5.16. The summed E-state index contributed by atoms with van der Waals surface area (Å²) in [6.07, 6.45) is 1.47. The zero-order chi connectivity index (χ0) is 14.0. The number of carboxylic acid groups (broad SMARTS) is 1. The molecular weight excluding hydrogens is 236 g/mol. The number of nitrogens with one attached hydrogen (secondary N) is 1. The molecule has 18 heavy (non-hydrogen) atoms. The molecule has 1 rings (SSSR count). The molecule has 0 aromatic rings. The quantitative estimate of drug-likeness (QED) is 0.741. The van der Waals surface area contributed by atoms with Gasteiger partial charge in [0.05, 0.1) is 5.71 Å². The SMILES string of the molecule is CC(C)(C)OC(=O)C1(CCC(=O)O)N=CCC1=N. The van der Waals surface area contributed by atoms with Crippen LogP contribution in [0.25, 0.3) is 0 Å². The number of rotatable bonds is 4. The van der Waals surface area contributed by atoms with Gasteiger partial charge in [0.25, 0.3) is 0 Å². The van der Waals surface area contributed by atoms with E-state index in [1.807, 2.05) is 0 Å². The monoisotopic (exact) mass is 254 g/mol. The van der Waals surface area contributed by atoms with Gasteiger partial charge in [-0.15, -0.1) is 0 Å². The fourth-order valence-corrected chi connectivity index (χ4v) is 1.68. The first-order valence-corrected chi connectivity index (χ1v) is 5.74. The van der Waals surface area contributed by atoms with Gasteiger partial charge in [0.1, 0.15) is 5.60 Å². The molecule has 0 aromatic heterocycles. The van der Waals surface area contributed by atoms with Crippen LogP contribution in [-0.2, 0) is 14.3 Å². The molecule has 0 aromatic carbocycles. The van der Waals surface area contributed by atoms with Crippen LogP contribution in [0.2, 0.25) is 0 Å². The number of carboxylic acids is 1. The van der Waals surface area contributed by atoms with Crippen LogP contribution in [0, 0.1) is 5.41 Å². The molecule has 0 saturated heterocycles. The maximum absolute atomic E-state index is 12.1. The van der Waals surface area contributed by atoms with Gasteiger partial charge in [-0.2, -0.15) is 0 Å². The van der Waals surface area contributed by atoms with E-state index in [4.69, 9.17) is 15.3 Å². The Balaban J connectivity index is 2.92. The highest BCUT2D eigenvalue weighted by atomic mass is 16.6. The van der Waals surface area contributed by atoms with E-state index in [0.29, 0.717) is 0 Å². The van der Waals surface area contributed by atoms with Crippen LogP contribution in [0.5, 0.6) is 0 Å². The Morgan fingerprint density at radius 2 is 2.17 bits per heavy atom. The van der Waals surface area contributed by atoms with E-state index in [9.17, 15) is 9.59 Å². The minimum Gasteiger partial charge on any atom is -0.481 e. The Bertz CT molecular complexity index is 409. The molecule has 0 bridgehead atoms. The fourth-order valence-electron chi connectivity index (χ4n) is 1.68. The molecule has 1 unspecified atom stereocenters.